The SMILES string of the molecule is CON(C)C(=O)C=CC(C)C. The quantitative estimate of drug-likeness (QED) is 0.455. The molecule has 1 amide bonds. The number of hydrogen-bond acceptors (Lipinski definition) is 2. The molecule has 0 atom stereocenters. The topological polar surface area (TPSA) is 29.5 Å². The highest BCUT2D eigenvalue weighted by atomic mass is 16.7. The fourth-order valence-electron chi connectivity index (χ4n) is 0.470. The average molecular weight is 157 g/mol. The van der Waals surface area contributed by atoms with Gasteiger partial charge in [0.25, 0.3) is 5.91 Å². The number of amides is 1. The van der Waals surface area contributed by atoms with Gasteiger partial charge in [0.1, 0.15) is 0 Å². The van der Waals surface area contributed by atoms with Crippen LogP contribution in [0.2, 0.25) is 0 Å². The van der Waals surface area contributed by atoms with E-state index in [1.54, 1.807) is 7.05 Å². The molecule has 0 unspecified atom stereocenters. The highest BCUT2D eigenvalue weighted by Crippen LogP contribution is 1.94. The van der Waals surface area contributed by atoms with Crippen molar-refractivity contribution in [3.63, 3.8) is 0 Å². The van der Waals surface area contributed by atoms with E-state index in [9.17, 15) is 4.79 Å². The third-order valence-electron chi connectivity index (χ3n) is 1.21. The minimum Gasteiger partial charge on any atom is -0.274 e. The van der Waals surface area contributed by atoms with Gasteiger partial charge in [0.05, 0.1) is 7.11 Å². The first-order valence-electron chi connectivity index (χ1n) is 3.58. The molecular weight excluding hydrogens is 142 g/mol. The van der Waals surface area contributed by atoms with E-state index in [0.717, 1.165) is 0 Å². The lowest BCUT2D eigenvalue weighted by molar-refractivity contribution is -0.162. The fraction of sp³-hybridized carbons (Fsp3) is 0.625. The standard InChI is InChI=1S/C8H15NO2/c1-7(2)5-6-8(10)9(3)11-4/h5-7H,1-4H3. The molecule has 0 aromatic heterocycles. The maximum atomic E-state index is 11.0. The van der Waals surface area contributed by atoms with Crippen LogP contribution >= 0.6 is 0 Å². The molecule has 64 valence electrons. The van der Waals surface area contributed by atoms with Gasteiger partial charge in [0, 0.05) is 13.1 Å². The van der Waals surface area contributed by atoms with Gasteiger partial charge in [-0.15, -0.1) is 0 Å². The first-order valence-corrected chi connectivity index (χ1v) is 3.58. The van der Waals surface area contributed by atoms with Crippen LogP contribution in [0.15, 0.2) is 12.2 Å². The maximum Gasteiger partial charge on any atom is 0.269 e. The van der Waals surface area contributed by atoms with Crippen molar-refractivity contribution in [3.05, 3.63) is 12.2 Å². The van der Waals surface area contributed by atoms with Gasteiger partial charge in [-0.3, -0.25) is 9.63 Å². The van der Waals surface area contributed by atoms with Crippen molar-refractivity contribution in [2.24, 2.45) is 5.92 Å². The van der Waals surface area contributed by atoms with Gasteiger partial charge in [0.15, 0.2) is 0 Å². The maximum absolute atomic E-state index is 11.0. The van der Waals surface area contributed by atoms with E-state index in [1.165, 1.54) is 18.2 Å². The summed E-state index contributed by atoms with van der Waals surface area (Å²) in [6.07, 6.45) is 3.34. The highest BCUT2D eigenvalue weighted by Gasteiger charge is 2.01. The van der Waals surface area contributed by atoms with Crippen LogP contribution in [0.25, 0.3) is 0 Å². The van der Waals surface area contributed by atoms with Crippen LogP contribution in [0.5, 0.6) is 0 Å². The Labute approximate surface area is 67.6 Å². The first-order chi connectivity index (χ1) is 5.07. The molecule has 0 aromatic rings. The van der Waals surface area contributed by atoms with Crippen molar-refractivity contribution in [2.75, 3.05) is 14.2 Å². The van der Waals surface area contributed by atoms with Gasteiger partial charge < -0.3 is 0 Å². The molecule has 0 rings (SSSR count). The number of rotatable bonds is 3. The Bertz CT molecular complexity index is 152. The van der Waals surface area contributed by atoms with E-state index >= 15 is 0 Å². The second-order valence-corrected chi connectivity index (χ2v) is 2.62. The zero-order valence-electron chi connectivity index (χ0n) is 7.50. The van der Waals surface area contributed by atoms with E-state index in [1.807, 2.05) is 19.9 Å². The summed E-state index contributed by atoms with van der Waals surface area (Å²) in [5.74, 6) is 0.255. The Hall–Kier alpha value is -0.830. The molecule has 0 saturated carbocycles. The number of carbonyl (C=O) groups excluding carboxylic acids is 1. The van der Waals surface area contributed by atoms with Gasteiger partial charge >= 0.3 is 0 Å². The Morgan fingerprint density at radius 2 is 2.09 bits per heavy atom. The summed E-state index contributed by atoms with van der Waals surface area (Å²) in [5.41, 5.74) is 0. The molecule has 0 N–H and O–H groups in total. The molecule has 0 saturated heterocycles. The Balaban J connectivity index is 3.86. The summed E-state index contributed by atoms with van der Waals surface area (Å²) in [7, 11) is 3.04. The van der Waals surface area contributed by atoms with E-state index in [4.69, 9.17) is 0 Å². The van der Waals surface area contributed by atoms with Crippen molar-refractivity contribution in [3.8, 4) is 0 Å². The summed E-state index contributed by atoms with van der Waals surface area (Å²) in [6.45, 7) is 4.02. The van der Waals surface area contributed by atoms with Crippen LogP contribution in [-0.4, -0.2) is 25.1 Å². The molecule has 11 heavy (non-hydrogen) atoms. The molecule has 3 nitrogen and oxygen atoms in total. The average Bonchev–Trinajstić information content (AvgIpc) is 1.98. The third kappa shape index (κ3) is 4.56. The van der Waals surface area contributed by atoms with Crippen LogP contribution in [-0.2, 0) is 9.63 Å². The number of allylic oxidation sites excluding steroid dienone is 1. The van der Waals surface area contributed by atoms with Crippen LogP contribution in [0.3, 0.4) is 0 Å². The monoisotopic (exact) mass is 157 g/mol. The summed E-state index contributed by atoms with van der Waals surface area (Å²) in [5, 5.41) is 1.18. The zero-order chi connectivity index (χ0) is 8.85. The second-order valence-electron chi connectivity index (χ2n) is 2.62. The number of carbonyl (C=O) groups is 1. The van der Waals surface area contributed by atoms with Gasteiger partial charge in [-0.1, -0.05) is 19.9 Å². The van der Waals surface area contributed by atoms with Gasteiger partial charge in [-0.2, -0.15) is 0 Å². The highest BCUT2D eigenvalue weighted by molar-refractivity contribution is 5.86. The molecular formula is C8H15NO2. The summed E-state index contributed by atoms with van der Waals surface area (Å²) >= 11 is 0. The van der Waals surface area contributed by atoms with Crippen molar-refractivity contribution in [1.29, 1.82) is 0 Å². The Morgan fingerprint density at radius 1 is 1.55 bits per heavy atom. The molecule has 0 spiro atoms. The molecule has 0 radical (unpaired) electrons. The number of hydrogen-bond donors (Lipinski definition) is 0. The lowest BCUT2D eigenvalue weighted by Crippen LogP contribution is -2.23. The first kappa shape index (κ1) is 10.2. The molecule has 0 aliphatic heterocycles. The largest absolute Gasteiger partial charge is 0.274 e. The fourth-order valence-corrected chi connectivity index (χ4v) is 0.470. The van der Waals surface area contributed by atoms with Crippen LogP contribution in [0, 0.1) is 5.92 Å². The molecule has 3 heteroatoms. The van der Waals surface area contributed by atoms with Crippen LogP contribution < -0.4 is 0 Å². The third-order valence-corrected chi connectivity index (χ3v) is 1.21. The van der Waals surface area contributed by atoms with E-state index in [0.29, 0.717) is 5.92 Å². The molecule has 0 aromatic carbocycles. The Kier molecular flexibility index (Phi) is 4.54. The molecule has 0 fully saturated rings. The number of likely N-dealkylation sites (N-methyl/N-ethyl adjacent to an activating group) is 1. The predicted octanol–water partition coefficient (Wildman–Crippen LogP) is 1.22. The molecule has 0 bridgehead atoms. The zero-order valence-corrected chi connectivity index (χ0v) is 7.50. The molecule has 0 heterocycles. The van der Waals surface area contributed by atoms with E-state index in [-0.39, 0.29) is 5.91 Å². The molecule has 0 aliphatic carbocycles. The smallest absolute Gasteiger partial charge is 0.269 e. The van der Waals surface area contributed by atoms with Crippen LogP contribution in [0.1, 0.15) is 13.8 Å². The lowest BCUT2D eigenvalue weighted by atomic mass is 10.2. The van der Waals surface area contributed by atoms with Crippen molar-refractivity contribution < 1.29 is 9.63 Å². The minimum absolute atomic E-state index is 0.138. The molecule has 0 aliphatic rings. The summed E-state index contributed by atoms with van der Waals surface area (Å²) in [6, 6.07) is 0. The van der Waals surface area contributed by atoms with Gasteiger partial charge in [-0.05, 0) is 5.92 Å². The summed E-state index contributed by atoms with van der Waals surface area (Å²) < 4.78 is 0. The predicted molar refractivity (Wildman–Crippen MR) is 43.8 cm³/mol. The Morgan fingerprint density at radius 3 is 2.45 bits per heavy atom. The minimum atomic E-state index is -0.138. The van der Waals surface area contributed by atoms with Crippen LogP contribution in [0.4, 0.5) is 0 Å². The second kappa shape index (κ2) is 4.91. The number of hydroxylamine groups is 2. The van der Waals surface area contributed by atoms with Crippen molar-refractivity contribution in [2.45, 2.75) is 13.8 Å². The normalized spacial score (nSPS) is 11.0. The lowest BCUT2D eigenvalue weighted by Gasteiger charge is -2.10. The van der Waals surface area contributed by atoms with Gasteiger partial charge in [-0.25, -0.2) is 5.06 Å². The summed E-state index contributed by atoms with van der Waals surface area (Å²) in [4.78, 5) is 15.7. The van der Waals surface area contributed by atoms with Crippen molar-refractivity contribution >= 4 is 5.91 Å². The van der Waals surface area contributed by atoms with E-state index < -0.39 is 0 Å². The van der Waals surface area contributed by atoms with Crippen molar-refractivity contribution in [1.82, 2.24) is 5.06 Å². The number of nitrogens with zero attached hydrogens (tertiary/aromatic N) is 1. The van der Waals surface area contributed by atoms with E-state index in [2.05, 4.69) is 4.84 Å². The van der Waals surface area contributed by atoms with Gasteiger partial charge in [0.2, 0.25) is 0 Å².